The highest BCUT2D eigenvalue weighted by atomic mass is 35.5. The van der Waals surface area contributed by atoms with Crippen molar-refractivity contribution in [3.05, 3.63) is 28.8 Å². The third kappa shape index (κ3) is 3.03. The highest BCUT2D eigenvalue weighted by molar-refractivity contribution is 6.32. The molecule has 1 fully saturated rings. The molecule has 0 unspecified atom stereocenters. The fourth-order valence-electron chi connectivity index (χ4n) is 1.68. The number of halogens is 1. The molecular formula is C14H13ClN2O3. The summed E-state index contributed by atoms with van der Waals surface area (Å²) < 4.78 is 5.02. The van der Waals surface area contributed by atoms with Crippen LogP contribution in [0.25, 0.3) is 0 Å². The lowest BCUT2D eigenvalue weighted by Crippen LogP contribution is -2.46. The second-order valence-electron chi connectivity index (χ2n) is 4.50. The molecule has 2 rings (SSSR count). The fourth-order valence-corrected chi connectivity index (χ4v) is 1.94. The van der Waals surface area contributed by atoms with Crippen LogP contribution in [0.1, 0.15) is 18.4 Å². The minimum absolute atomic E-state index is 0.413. The van der Waals surface area contributed by atoms with E-state index in [9.17, 15) is 9.59 Å². The first-order chi connectivity index (χ1) is 9.47. The summed E-state index contributed by atoms with van der Waals surface area (Å²) in [6.07, 6.45) is 1.12. The smallest absolute Gasteiger partial charge is 0.297 e. The first kappa shape index (κ1) is 14.2. The average Bonchev–Trinajstić information content (AvgIpc) is 3.17. The number of hydrogen-bond donors (Lipinski definition) is 2. The highest BCUT2D eigenvalue weighted by Crippen LogP contribution is 2.34. The van der Waals surface area contributed by atoms with Crippen molar-refractivity contribution in [2.24, 2.45) is 5.73 Å². The lowest BCUT2D eigenvalue weighted by atomic mass is 10.2. The molecule has 0 radical (unpaired) electrons. The maximum atomic E-state index is 11.6. The third-order valence-electron chi connectivity index (χ3n) is 3.05. The van der Waals surface area contributed by atoms with Gasteiger partial charge in [0.05, 0.1) is 12.1 Å². The Morgan fingerprint density at radius 3 is 2.65 bits per heavy atom. The van der Waals surface area contributed by atoms with Crippen molar-refractivity contribution >= 4 is 23.4 Å². The Hall–Kier alpha value is -2.19. The van der Waals surface area contributed by atoms with Crippen LogP contribution in [-0.4, -0.2) is 24.5 Å². The zero-order chi connectivity index (χ0) is 14.8. The van der Waals surface area contributed by atoms with E-state index >= 15 is 0 Å². The van der Waals surface area contributed by atoms with Crippen molar-refractivity contribution in [1.82, 2.24) is 5.32 Å². The molecule has 0 saturated heterocycles. The minimum atomic E-state index is -0.899. The van der Waals surface area contributed by atoms with Crippen LogP contribution < -0.4 is 15.8 Å². The van der Waals surface area contributed by atoms with Crippen LogP contribution in [0.5, 0.6) is 5.75 Å². The van der Waals surface area contributed by atoms with Crippen molar-refractivity contribution in [3.8, 4) is 17.6 Å². The SMILES string of the molecule is COc1ccc(C#CC(=O)NC2(C(N)=O)CC2)cc1Cl. The van der Waals surface area contributed by atoms with E-state index < -0.39 is 17.4 Å². The van der Waals surface area contributed by atoms with E-state index in [-0.39, 0.29) is 0 Å². The van der Waals surface area contributed by atoms with E-state index in [1.165, 1.54) is 7.11 Å². The maximum Gasteiger partial charge on any atom is 0.297 e. The predicted octanol–water partition coefficient (Wildman–Crippen LogP) is 0.834. The molecule has 1 aromatic rings. The summed E-state index contributed by atoms with van der Waals surface area (Å²) in [5.41, 5.74) is 4.89. The molecule has 20 heavy (non-hydrogen) atoms. The van der Waals surface area contributed by atoms with Gasteiger partial charge in [-0.25, -0.2) is 0 Å². The lowest BCUT2D eigenvalue weighted by Gasteiger charge is -2.09. The Labute approximate surface area is 121 Å². The zero-order valence-corrected chi connectivity index (χ0v) is 11.6. The van der Waals surface area contributed by atoms with Crippen molar-refractivity contribution in [1.29, 1.82) is 0 Å². The van der Waals surface area contributed by atoms with Gasteiger partial charge in [0.2, 0.25) is 5.91 Å². The van der Waals surface area contributed by atoms with Crippen LogP contribution in [-0.2, 0) is 9.59 Å². The standard InChI is InChI=1S/C14H13ClN2O3/c1-20-11-4-2-9(8-10(11)15)3-5-12(18)17-14(6-7-14)13(16)19/h2,4,8H,6-7H2,1H3,(H2,16,19)(H,17,18). The zero-order valence-electron chi connectivity index (χ0n) is 10.8. The van der Waals surface area contributed by atoms with Crippen LogP contribution in [0.3, 0.4) is 0 Å². The molecule has 5 nitrogen and oxygen atoms in total. The van der Waals surface area contributed by atoms with E-state index in [2.05, 4.69) is 17.2 Å². The normalized spacial score (nSPS) is 14.7. The van der Waals surface area contributed by atoms with Crippen LogP contribution in [0.15, 0.2) is 18.2 Å². The van der Waals surface area contributed by atoms with Crippen LogP contribution in [0.2, 0.25) is 5.02 Å². The van der Waals surface area contributed by atoms with Crippen LogP contribution in [0, 0.1) is 11.8 Å². The Kier molecular flexibility index (Phi) is 3.86. The van der Waals surface area contributed by atoms with Gasteiger partial charge in [0.25, 0.3) is 5.91 Å². The molecule has 104 valence electrons. The van der Waals surface area contributed by atoms with Crippen molar-refractivity contribution < 1.29 is 14.3 Å². The third-order valence-corrected chi connectivity index (χ3v) is 3.34. The molecule has 0 spiro atoms. The van der Waals surface area contributed by atoms with Gasteiger partial charge >= 0.3 is 0 Å². The Balaban J connectivity index is 2.05. The minimum Gasteiger partial charge on any atom is -0.495 e. The number of nitrogens with two attached hydrogens (primary N) is 1. The van der Waals surface area contributed by atoms with Gasteiger partial charge in [0.1, 0.15) is 11.3 Å². The number of hydrogen-bond acceptors (Lipinski definition) is 3. The molecule has 0 aromatic heterocycles. The second kappa shape index (κ2) is 5.43. The van der Waals surface area contributed by atoms with Gasteiger partial charge in [-0.3, -0.25) is 9.59 Å². The topological polar surface area (TPSA) is 81.4 Å². The predicted molar refractivity (Wildman–Crippen MR) is 74.2 cm³/mol. The summed E-state index contributed by atoms with van der Waals surface area (Å²) in [6.45, 7) is 0. The monoisotopic (exact) mass is 292 g/mol. The van der Waals surface area contributed by atoms with Crippen LogP contribution >= 0.6 is 11.6 Å². The molecular weight excluding hydrogens is 280 g/mol. The number of nitrogens with one attached hydrogen (secondary N) is 1. The summed E-state index contributed by atoms with van der Waals surface area (Å²) in [6, 6.07) is 4.95. The van der Waals surface area contributed by atoms with Gasteiger partial charge in [-0.2, -0.15) is 0 Å². The first-order valence-electron chi connectivity index (χ1n) is 5.94. The second-order valence-corrected chi connectivity index (χ2v) is 4.91. The molecule has 2 amide bonds. The molecule has 1 aromatic carbocycles. The molecule has 0 atom stereocenters. The molecule has 0 bridgehead atoms. The van der Waals surface area contributed by atoms with E-state index in [4.69, 9.17) is 22.1 Å². The number of benzene rings is 1. The van der Waals surface area contributed by atoms with Crippen molar-refractivity contribution in [2.45, 2.75) is 18.4 Å². The Morgan fingerprint density at radius 2 is 2.15 bits per heavy atom. The summed E-state index contributed by atoms with van der Waals surface area (Å²) in [4.78, 5) is 22.8. The van der Waals surface area contributed by atoms with Gasteiger partial charge in [0, 0.05) is 11.5 Å². The molecule has 0 aliphatic heterocycles. The number of primary amides is 1. The summed E-state index contributed by atoms with van der Waals surface area (Å²) >= 11 is 5.95. The molecule has 3 N–H and O–H groups in total. The van der Waals surface area contributed by atoms with E-state index in [1.807, 2.05) is 0 Å². The first-order valence-corrected chi connectivity index (χ1v) is 6.32. The molecule has 0 heterocycles. The number of methoxy groups -OCH3 is 1. The largest absolute Gasteiger partial charge is 0.495 e. The fraction of sp³-hybridized carbons (Fsp3) is 0.286. The summed E-state index contributed by atoms with van der Waals surface area (Å²) in [5, 5.41) is 2.94. The number of carbonyl (C=O) groups is 2. The van der Waals surface area contributed by atoms with Crippen LogP contribution in [0.4, 0.5) is 0 Å². The number of carbonyl (C=O) groups excluding carboxylic acids is 2. The van der Waals surface area contributed by atoms with Gasteiger partial charge in [-0.1, -0.05) is 17.5 Å². The number of amides is 2. The molecule has 6 heteroatoms. The molecule has 1 aliphatic carbocycles. The van der Waals surface area contributed by atoms with Gasteiger partial charge in [-0.05, 0) is 31.0 Å². The highest BCUT2D eigenvalue weighted by Gasteiger charge is 2.49. The number of ether oxygens (including phenoxy) is 1. The van der Waals surface area contributed by atoms with Gasteiger partial charge < -0.3 is 15.8 Å². The quantitative estimate of drug-likeness (QED) is 0.810. The summed E-state index contributed by atoms with van der Waals surface area (Å²) in [7, 11) is 1.51. The van der Waals surface area contributed by atoms with Gasteiger partial charge in [0.15, 0.2) is 0 Å². The van der Waals surface area contributed by atoms with E-state index in [0.29, 0.717) is 29.2 Å². The Morgan fingerprint density at radius 1 is 1.45 bits per heavy atom. The van der Waals surface area contributed by atoms with Crippen molar-refractivity contribution in [3.63, 3.8) is 0 Å². The van der Waals surface area contributed by atoms with Gasteiger partial charge in [-0.15, -0.1) is 0 Å². The van der Waals surface area contributed by atoms with E-state index in [0.717, 1.165) is 0 Å². The molecule has 1 saturated carbocycles. The number of rotatable bonds is 3. The summed E-state index contributed by atoms with van der Waals surface area (Å²) in [5.74, 6) is 4.55. The lowest BCUT2D eigenvalue weighted by molar-refractivity contribution is -0.125. The van der Waals surface area contributed by atoms with E-state index in [1.54, 1.807) is 18.2 Å². The maximum absolute atomic E-state index is 11.6. The Bertz CT molecular complexity index is 627. The average molecular weight is 293 g/mol. The molecule has 1 aliphatic rings. The van der Waals surface area contributed by atoms with Crippen molar-refractivity contribution in [2.75, 3.05) is 7.11 Å².